The van der Waals surface area contributed by atoms with Gasteiger partial charge in [0.1, 0.15) is 0 Å². The van der Waals surface area contributed by atoms with Crippen LogP contribution >= 0.6 is 0 Å². The van der Waals surface area contributed by atoms with Crippen LogP contribution in [-0.2, 0) is 17.4 Å². The van der Waals surface area contributed by atoms with Gasteiger partial charge in [-0.3, -0.25) is 4.79 Å². The van der Waals surface area contributed by atoms with Crippen LogP contribution in [0.25, 0.3) is 0 Å². The van der Waals surface area contributed by atoms with Crippen LogP contribution in [-0.4, -0.2) is 11.9 Å². The molecule has 1 aromatic carbocycles. The molecular formula is C19H24F3NO. The van der Waals surface area contributed by atoms with Crippen molar-refractivity contribution < 1.29 is 18.0 Å². The van der Waals surface area contributed by atoms with Crippen molar-refractivity contribution in [3.8, 4) is 0 Å². The largest absolute Gasteiger partial charge is 0.416 e. The lowest BCUT2D eigenvalue weighted by Crippen LogP contribution is -2.47. The number of rotatable bonds is 3. The fourth-order valence-electron chi connectivity index (χ4n) is 4.71. The highest BCUT2D eigenvalue weighted by Gasteiger charge is 2.61. The van der Waals surface area contributed by atoms with Gasteiger partial charge in [-0.1, -0.05) is 39.0 Å². The predicted octanol–water partition coefficient (Wildman–Crippen LogP) is 4.58. The molecule has 3 rings (SSSR count). The van der Waals surface area contributed by atoms with Gasteiger partial charge in [0.05, 0.1) is 12.0 Å². The molecule has 3 atom stereocenters. The van der Waals surface area contributed by atoms with Crippen molar-refractivity contribution >= 4 is 5.91 Å². The summed E-state index contributed by atoms with van der Waals surface area (Å²) in [6.45, 7) is 6.77. The predicted molar refractivity (Wildman–Crippen MR) is 86.3 cm³/mol. The van der Waals surface area contributed by atoms with Gasteiger partial charge in [-0.25, -0.2) is 0 Å². The fourth-order valence-corrected chi connectivity index (χ4v) is 4.71. The van der Waals surface area contributed by atoms with E-state index in [1.807, 2.05) is 0 Å². The standard InChI is InChI=1S/C19H24F3NO/c1-17(2)13-7-8-18(17,3)15(11-13)23-16(24)10-12-5-4-6-14(9-12)19(20,21)22/h4-6,9,13,15H,7-8,10-11H2,1-3H3,(H,23,24)/t13-,15-,18+/m0/s1. The molecule has 2 bridgehead atoms. The van der Waals surface area contributed by atoms with Crippen LogP contribution in [0.3, 0.4) is 0 Å². The van der Waals surface area contributed by atoms with Crippen LogP contribution in [0, 0.1) is 16.7 Å². The molecule has 1 aromatic rings. The minimum absolute atomic E-state index is 0.0123. The van der Waals surface area contributed by atoms with Crippen LogP contribution in [0.1, 0.15) is 51.2 Å². The van der Waals surface area contributed by atoms with Crippen molar-refractivity contribution in [3.05, 3.63) is 35.4 Å². The van der Waals surface area contributed by atoms with E-state index in [0.29, 0.717) is 11.5 Å². The molecule has 5 heteroatoms. The second-order valence-corrected chi connectivity index (χ2v) is 8.11. The zero-order valence-corrected chi connectivity index (χ0v) is 14.3. The number of hydrogen-bond donors (Lipinski definition) is 1. The van der Waals surface area contributed by atoms with E-state index in [4.69, 9.17) is 0 Å². The number of benzene rings is 1. The van der Waals surface area contributed by atoms with Crippen LogP contribution in [0.2, 0.25) is 0 Å². The maximum atomic E-state index is 12.8. The number of carbonyl (C=O) groups excluding carboxylic acids is 1. The van der Waals surface area contributed by atoms with Crippen LogP contribution in [0.15, 0.2) is 24.3 Å². The van der Waals surface area contributed by atoms with Gasteiger partial charge in [0.2, 0.25) is 5.91 Å². The zero-order chi connectivity index (χ0) is 17.8. The van der Waals surface area contributed by atoms with E-state index in [0.717, 1.165) is 25.0 Å². The Morgan fingerprint density at radius 1 is 1.29 bits per heavy atom. The average molecular weight is 339 g/mol. The average Bonchev–Trinajstić information content (AvgIpc) is 2.80. The van der Waals surface area contributed by atoms with Gasteiger partial charge in [-0.05, 0) is 47.6 Å². The van der Waals surface area contributed by atoms with Gasteiger partial charge in [0, 0.05) is 6.04 Å². The molecule has 0 heterocycles. The van der Waals surface area contributed by atoms with E-state index >= 15 is 0 Å². The number of nitrogens with one attached hydrogen (secondary N) is 1. The van der Waals surface area contributed by atoms with E-state index in [-0.39, 0.29) is 29.2 Å². The third-order valence-corrected chi connectivity index (χ3v) is 6.75. The minimum atomic E-state index is -4.38. The summed E-state index contributed by atoms with van der Waals surface area (Å²) in [5, 5.41) is 3.09. The topological polar surface area (TPSA) is 29.1 Å². The lowest BCUT2D eigenvalue weighted by Gasteiger charge is -2.39. The lowest BCUT2D eigenvalue weighted by atomic mass is 9.69. The number of hydrogen-bond acceptors (Lipinski definition) is 1. The molecule has 2 fully saturated rings. The number of amides is 1. The van der Waals surface area contributed by atoms with Gasteiger partial charge in [-0.15, -0.1) is 0 Å². The van der Waals surface area contributed by atoms with Crippen LogP contribution in [0.4, 0.5) is 13.2 Å². The van der Waals surface area contributed by atoms with E-state index in [1.54, 1.807) is 6.07 Å². The quantitative estimate of drug-likeness (QED) is 0.858. The first-order chi connectivity index (χ1) is 11.0. The summed E-state index contributed by atoms with van der Waals surface area (Å²) < 4.78 is 38.3. The van der Waals surface area contributed by atoms with Crippen molar-refractivity contribution in [3.63, 3.8) is 0 Å². The van der Waals surface area contributed by atoms with Crippen molar-refractivity contribution in [2.45, 2.75) is 58.7 Å². The number of fused-ring (bicyclic) bond motifs is 2. The Balaban J connectivity index is 1.67. The molecule has 1 N–H and O–H groups in total. The summed E-state index contributed by atoms with van der Waals surface area (Å²) in [6, 6.07) is 5.13. The second-order valence-electron chi connectivity index (χ2n) is 8.11. The van der Waals surface area contributed by atoms with Gasteiger partial charge in [-0.2, -0.15) is 13.2 Å². The Kier molecular flexibility index (Phi) is 3.97. The maximum Gasteiger partial charge on any atom is 0.416 e. The molecule has 0 aromatic heterocycles. The monoisotopic (exact) mass is 339 g/mol. The van der Waals surface area contributed by atoms with Gasteiger partial charge < -0.3 is 5.32 Å². The molecule has 2 nitrogen and oxygen atoms in total. The van der Waals surface area contributed by atoms with Crippen molar-refractivity contribution in [2.24, 2.45) is 16.7 Å². The minimum Gasteiger partial charge on any atom is -0.353 e. The normalized spacial score (nSPS) is 31.2. The highest BCUT2D eigenvalue weighted by molar-refractivity contribution is 5.79. The zero-order valence-electron chi connectivity index (χ0n) is 14.3. The fraction of sp³-hybridized carbons (Fsp3) is 0.632. The van der Waals surface area contributed by atoms with Crippen LogP contribution < -0.4 is 5.32 Å². The van der Waals surface area contributed by atoms with E-state index in [2.05, 4.69) is 26.1 Å². The van der Waals surface area contributed by atoms with E-state index < -0.39 is 11.7 Å². The first-order valence-electron chi connectivity index (χ1n) is 8.49. The molecule has 0 unspecified atom stereocenters. The Labute approximate surface area is 140 Å². The highest BCUT2D eigenvalue weighted by Crippen LogP contribution is 2.65. The van der Waals surface area contributed by atoms with Crippen LogP contribution in [0.5, 0.6) is 0 Å². The summed E-state index contributed by atoms with van der Waals surface area (Å²) in [4.78, 5) is 12.4. The lowest BCUT2D eigenvalue weighted by molar-refractivity contribution is -0.137. The Morgan fingerprint density at radius 3 is 2.54 bits per heavy atom. The summed E-state index contributed by atoms with van der Waals surface area (Å²) in [7, 11) is 0. The molecule has 24 heavy (non-hydrogen) atoms. The third-order valence-electron chi connectivity index (χ3n) is 6.75. The van der Waals surface area contributed by atoms with E-state index in [9.17, 15) is 18.0 Å². The first-order valence-corrected chi connectivity index (χ1v) is 8.49. The van der Waals surface area contributed by atoms with Gasteiger partial charge in [0.15, 0.2) is 0 Å². The molecule has 2 aliphatic carbocycles. The number of carbonyl (C=O) groups is 1. The number of halogens is 3. The molecule has 2 saturated carbocycles. The smallest absolute Gasteiger partial charge is 0.353 e. The first kappa shape index (κ1) is 17.3. The Hall–Kier alpha value is -1.52. The molecule has 1 amide bonds. The van der Waals surface area contributed by atoms with Gasteiger partial charge in [0.25, 0.3) is 0 Å². The molecule has 132 valence electrons. The molecule has 0 spiro atoms. The third kappa shape index (κ3) is 2.72. The van der Waals surface area contributed by atoms with Crippen molar-refractivity contribution in [1.29, 1.82) is 0 Å². The summed E-state index contributed by atoms with van der Waals surface area (Å²) in [5.41, 5.74) is -0.0434. The summed E-state index contributed by atoms with van der Waals surface area (Å²) >= 11 is 0. The SMILES string of the molecule is CC1(C)[C@H]2CC[C@]1(C)[C@@H](NC(=O)Cc1cccc(C(F)(F)F)c1)C2. The van der Waals surface area contributed by atoms with Crippen molar-refractivity contribution in [2.75, 3.05) is 0 Å². The molecule has 2 aliphatic rings. The van der Waals surface area contributed by atoms with Crippen molar-refractivity contribution in [1.82, 2.24) is 5.32 Å². The molecule has 0 saturated heterocycles. The molecular weight excluding hydrogens is 315 g/mol. The number of alkyl halides is 3. The summed E-state index contributed by atoms with van der Waals surface area (Å²) in [5.74, 6) is 0.422. The highest BCUT2D eigenvalue weighted by atomic mass is 19.4. The molecule has 0 aliphatic heterocycles. The Bertz CT molecular complexity index is 652. The van der Waals surface area contributed by atoms with E-state index in [1.165, 1.54) is 12.5 Å². The Morgan fingerprint density at radius 2 is 2.00 bits per heavy atom. The second kappa shape index (κ2) is 5.50. The maximum absolute atomic E-state index is 12.8. The van der Waals surface area contributed by atoms with Gasteiger partial charge >= 0.3 is 6.18 Å². The molecule has 0 radical (unpaired) electrons. The summed E-state index contributed by atoms with van der Waals surface area (Å²) in [6.07, 6.45) is -1.13.